The van der Waals surface area contributed by atoms with Gasteiger partial charge >= 0.3 is 6.18 Å². The molecule has 0 aliphatic rings. The van der Waals surface area contributed by atoms with E-state index in [2.05, 4.69) is 15.5 Å². The number of aromatic nitrogens is 3. The molecule has 9 heteroatoms. The van der Waals surface area contributed by atoms with Crippen LogP contribution >= 0.6 is 0 Å². The van der Waals surface area contributed by atoms with E-state index in [9.17, 15) is 18.0 Å². The van der Waals surface area contributed by atoms with Crippen LogP contribution in [-0.2, 0) is 11.0 Å². The first-order chi connectivity index (χ1) is 13.7. The number of rotatable bonds is 6. The molecule has 0 saturated heterocycles. The third-order valence-corrected chi connectivity index (χ3v) is 4.43. The molecule has 6 nitrogen and oxygen atoms in total. The Kier molecular flexibility index (Phi) is 5.76. The summed E-state index contributed by atoms with van der Waals surface area (Å²) in [4.78, 5) is 12.6. The molecule has 1 N–H and O–H groups in total. The van der Waals surface area contributed by atoms with Gasteiger partial charge in [0, 0.05) is 6.20 Å². The zero-order valence-corrected chi connectivity index (χ0v) is 16.1. The average molecular weight is 406 g/mol. The molecule has 0 fully saturated rings. The van der Waals surface area contributed by atoms with Crippen molar-refractivity contribution in [3.63, 3.8) is 0 Å². The van der Waals surface area contributed by atoms with E-state index in [-0.39, 0.29) is 17.4 Å². The molecule has 1 aromatic carbocycles. The van der Waals surface area contributed by atoms with Crippen LogP contribution in [0.4, 0.5) is 13.2 Å². The number of alkyl halides is 3. The number of nitrogens with zero attached hydrogens (tertiary/aromatic N) is 3. The van der Waals surface area contributed by atoms with Gasteiger partial charge in [0.2, 0.25) is 0 Å². The number of carbonyl (C=O) groups is 1. The van der Waals surface area contributed by atoms with Crippen molar-refractivity contribution in [3.8, 4) is 5.75 Å². The quantitative estimate of drug-likeness (QED) is 0.671. The largest absolute Gasteiger partial charge is 0.481 e. The van der Waals surface area contributed by atoms with Gasteiger partial charge in [0.05, 0.1) is 6.04 Å². The summed E-state index contributed by atoms with van der Waals surface area (Å²) in [5, 5.41) is 10.5. The lowest BCUT2D eigenvalue weighted by Crippen LogP contribution is -2.41. The van der Waals surface area contributed by atoms with E-state index in [0.717, 1.165) is 6.07 Å². The van der Waals surface area contributed by atoms with Gasteiger partial charge in [-0.1, -0.05) is 32.0 Å². The minimum atomic E-state index is -4.55. The summed E-state index contributed by atoms with van der Waals surface area (Å²) in [6, 6.07) is 10.5. The summed E-state index contributed by atoms with van der Waals surface area (Å²) in [5.74, 6) is 0.210. The first kappa shape index (κ1) is 20.6. The number of ether oxygens (including phenoxy) is 1. The van der Waals surface area contributed by atoms with Crippen LogP contribution in [0.2, 0.25) is 0 Å². The molecule has 1 amide bonds. The Labute approximate surface area is 165 Å². The van der Waals surface area contributed by atoms with Crippen LogP contribution in [0.1, 0.15) is 38.2 Å². The molecule has 0 spiro atoms. The smallest absolute Gasteiger partial charge is 0.420 e. The predicted octanol–water partition coefficient (Wildman–Crippen LogP) is 4.03. The van der Waals surface area contributed by atoms with E-state index in [1.54, 1.807) is 31.2 Å². The molecule has 2 atom stereocenters. The maximum atomic E-state index is 13.2. The molecule has 29 heavy (non-hydrogen) atoms. The van der Waals surface area contributed by atoms with Crippen LogP contribution < -0.4 is 10.1 Å². The molecule has 3 rings (SSSR count). The summed E-state index contributed by atoms with van der Waals surface area (Å²) >= 11 is 0. The van der Waals surface area contributed by atoms with E-state index < -0.39 is 29.8 Å². The lowest BCUT2D eigenvalue weighted by molar-refractivity contribution is -0.136. The Bertz CT molecular complexity index is 986. The Morgan fingerprint density at radius 2 is 1.76 bits per heavy atom. The van der Waals surface area contributed by atoms with Gasteiger partial charge in [0.1, 0.15) is 11.3 Å². The van der Waals surface area contributed by atoms with Crippen molar-refractivity contribution >= 4 is 11.6 Å². The lowest BCUT2D eigenvalue weighted by Gasteiger charge is -2.23. The van der Waals surface area contributed by atoms with Crippen LogP contribution in [0.5, 0.6) is 5.75 Å². The molecule has 0 aliphatic heterocycles. The third-order valence-electron chi connectivity index (χ3n) is 4.43. The topological polar surface area (TPSA) is 68.5 Å². The van der Waals surface area contributed by atoms with Crippen LogP contribution in [0, 0.1) is 5.92 Å². The fourth-order valence-electron chi connectivity index (χ4n) is 2.92. The number of halogens is 3. The minimum Gasteiger partial charge on any atom is -0.481 e. The number of hydrogen-bond acceptors (Lipinski definition) is 4. The first-order valence-electron chi connectivity index (χ1n) is 9.11. The number of nitrogens with one attached hydrogen (secondary N) is 1. The standard InChI is InChI=1S/C20H21F3N4O2/c1-12(2)16(24-19(28)13(3)29-14-8-5-4-6-9-14)18-26-25-17-15(20(21,22)23)10-7-11-27(17)18/h4-13,16H,1-3H3,(H,24,28)/t13?,16-/m0/s1. The summed E-state index contributed by atoms with van der Waals surface area (Å²) in [7, 11) is 0. The van der Waals surface area contributed by atoms with Gasteiger partial charge in [-0.25, -0.2) is 0 Å². The van der Waals surface area contributed by atoms with Crippen molar-refractivity contribution in [1.82, 2.24) is 19.9 Å². The zero-order chi connectivity index (χ0) is 21.2. The molecule has 0 saturated carbocycles. The Morgan fingerprint density at radius 1 is 1.07 bits per heavy atom. The average Bonchev–Trinajstić information content (AvgIpc) is 3.09. The highest BCUT2D eigenvalue weighted by atomic mass is 19.4. The van der Waals surface area contributed by atoms with Crippen LogP contribution in [0.15, 0.2) is 48.7 Å². The number of fused-ring (bicyclic) bond motifs is 1. The normalized spacial score (nSPS) is 14.0. The van der Waals surface area contributed by atoms with Crippen molar-refractivity contribution in [1.29, 1.82) is 0 Å². The number of benzene rings is 1. The fraction of sp³-hybridized carbons (Fsp3) is 0.350. The number of amides is 1. The second-order valence-corrected chi connectivity index (χ2v) is 6.97. The number of carbonyl (C=O) groups excluding carboxylic acids is 1. The molecular formula is C20H21F3N4O2. The Hall–Kier alpha value is -3.10. The van der Waals surface area contributed by atoms with E-state index in [0.29, 0.717) is 5.75 Å². The molecule has 1 unspecified atom stereocenters. The van der Waals surface area contributed by atoms with Gasteiger partial charge < -0.3 is 10.1 Å². The Balaban J connectivity index is 1.86. The Morgan fingerprint density at radius 3 is 2.38 bits per heavy atom. The van der Waals surface area contributed by atoms with Gasteiger partial charge in [-0.3, -0.25) is 9.20 Å². The lowest BCUT2D eigenvalue weighted by atomic mass is 10.0. The molecule has 2 heterocycles. The van der Waals surface area contributed by atoms with Crippen molar-refractivity contribution in [2.24, 2.45) is 5.92 Å². The minimum absolute atomic E-state index is 0.148. The predicted molar refractivity (Wildman–Crippen MR) is 100 cm³/mol. The molecule has 154 valence electrons. The van der Waals surface area contributed by atoms with Crippen molar-refractivity contribution in [3.05, 3.63) is 60.0 Å². The third kappa shape index (κ3) is 4.49. The van der Waals surface area contributed by atoms with Crippen molar-refractivity contribution in [2.75, 3.05) is 0 Å². The van der Waals surface area contributed by atoms with Gasteiger partial charge in [-0.05, 0) is 37.1 Å². The zero-order valence-electron chi connectivity index (χ0n) is 16.1. The van der Waals surface area contributed by atoms with Crippen LogP contribution in [0.3, 0.4) is 0 Å². The van der Waals surface area contributed by atoms with Gasteiger partial charge in [0.25, 0.3) is 5.91 Å². The highest BCUT2D eigenvalue weighted by Gasteiger charge is 2.35. The van der Waals surface area contributed by atoms with Crippen molar-refractivity contribution in [2.45, 2.75) is 39.1 Å². The van der Waals surface area contributed by atoms with Gasteiger partial charge in [-0.2, -0.15) is 13.2 Å². The van der Waals surface area contributed by atoms with E-state index >= 15 is 0 Å². The van der Waals surface area contributed by atoms with E-state index in [1.807, 2.05) is 19.9 Å². The highest BCUT2D eigenvalue weighted by Crippen LogP contribution is 2.33. The van der Waals surface area contributed by atoms with Crippen LogP contribution in [0.25, 0.3) is 5.65 Å². The summed E-state index contributed by atoms with van der Waals surface area (Å²) in [6.07, 6.45) is -3.91. The molecule has 3 aromatic rings. The summed E-state index contributed by atoms with van der Waals surface area (Å²) < 4.78 is 46.6. The van der Waals surface area contributed by atoms with Crippen LogP contribution in [-0.4, -0.2) is 26.6 Å². The number of hydrogen-bond donors (Lipinski definition) is 1. The number of pyridine rings is 1. The van der Waals surface area contributed by atoms with Gasteiger partial charge in [-0.15, -0.1) is 10.2 Å². The molecule has 0 bridgehead atoms. The molecule has 2 aromatic heterocycles. The summed E-state index contributed by atoms with van der Waals surface area (Å²) in [5.41, 5.74) is -1.18. The SMILES string of the molecule is CC(Oc1ccccc1)C(=O)N[C@H](c1nnc2c(C(F)(F)F)cccn12)C(C)C. The van der Waals surface area contributed by atoms with E-state index in [1.165, 1.54) is 16.7 Å². The number of para-hydroxylation sites is 1. The second kappa shape index (κ2) is 8.10. The van der Waals surface area contributed by atoms with E-state index in [4.69, 9.17) is 4.74 Å². The maximum Gasteiger partial charge on any atom is 0.420 e. The molecule has 0 radical (unpaired) electrons. The molecule has 0 aliphatic carbocycles. The van der Waals surface area contributed by atoms with Crippen molar-refractivity contribution < 1.29 is 22.7 Å². The molecular weight excluding hydrogens is 385 g/mol. The van der Waals surface area contributed by atoms with Gasteiger partial charge in [0.15, 0.2) is 17.6 Å². The monoisotopic (exact) mass is 406 g/mol. The second-order valence-electron chi connectivity index (χ2n) is 6.97. The first-order valence-corrected chi connectivity index (χ1v) is 9.11. The highest BCUT2D eigenvalue weighted by molar-refractivity contribution is 5.81. The summed E-state index contributed by atoms with van der Waals surface area (Å²) in [6.45, 7) is 5.27. The fourth-order valence-corrected chi connectivity index (χ4v) is 2.92. The maximum absolute atomic E-state index is 13.2.